The van der Waals surface area contributed by atoms with Gasteiger partial charge in [0.1, 0.15) is 29.1 Å². The van der Waals surface area contributed by atoms with E-state index in [-0.39, 0.29) is 21.9 Å². The van der Waals surface area contributed by atoms with Crippen LogP contribution in [-0.2, 0) is 0 Å². The zero-order valence-corrected chi connectivity index (χ0v) is 15.2. The fraction of sp³-hybridized carbons (Fsp3) is 0.0909. The van der Waals surface area contributed by atoms with Crippen molar-refractivity contribution in [3.05, 3.63) is 70.9 Å². The van der Waals surface area contributed by atoms with E-state index in [0.717, 1.165) is 54.6 Å². The van der Waals surface area contributed by atoms with Crippen LogP contribution in [0.1, 0.15) is 0 Å². The van der Waals surface area contributed by atoms with Crippen molar-refractivity contribution in [2.24, 2.45) is 0 Å². The van der Waals surface area contributed by atoms with E-state index < -0.39 is 39.8 Å². The number of nitriles is 2. The molecule has 9 heteroatoms. The molecule has 0 radical (unpaired) electrons. The van der Waals surface area contributed by atoms with Crippen molar-refractivity contribution >= 4 is 21.9 Å². The molecule has 156 valence electrons. The minimum atomic E-state index is -5.11. The lowest BCUT2D eigenvalue weighted by atomic mass is 9.92. The van der Waals surface area contributed by atoms with Crippen LogP contribution in [0, 0.1) is 28.5 Å². The molecule has 0 saturated heterocycles. The molecule has 0 N–H and O–H groups in total. The highest BCUT2D eigenvalue weighted by Crippen LogP contribution is 2.30. The van der Waals surface area contributed by atoms with Crippen LogP contribution in [0.4, 0.5) is 30.7 Å². The van der Waals surface area contributed by atoms with E-state index in [4.69, 9.17) is 5.26 Å². The number of fused-ring (bicyclic) bond motifs is 1. The Morgan fingerprint density at radius 1 is 0.710 bits per heavy atom. The highest BCUT2D eigenvalue weighted by atomic mass is 19.4. The van der Waals surface area contributed by atoms with Crippen LogP contribution in [-0.4, -0.2) is 12.4 Å². The number of rotatable bonds is 1. The van der Waals surface area contributed by atoms with Gasteiger partial charge in [-0.05, 0) is 40.1 Å². The largest absolute Gasteiger partial charge is 0.426 e. The third-order valence-electron chi connectivity index (χ3n) is 4.51. The second-order valence-electron chi connectivity index (χ2n) is 6.37. The molecule has 0 aliphatic carbocycles. The Hall–Kier alpha value is -3.85. The van der Waals surface area contributed by atoms with E-state index >= 15 is 0 Å². The second kappa shape index (κ2) is 7.77. The first-order valence-corrected chi connectivity index (χ1v) is 8.50. The molecule has 0 fully saturated rings. The minimum Gasteiger partial charge on any atom is -0.207 e. The SMILES string of the molecule is N#C/C(=c1\c(-c2ccc(F)cc2)c/c(=C(/C#N)C(F)(F)F)c2ccccc12)C(F)(F)F. The maximum atomic E-state index is 13.7. The molecule has 0 saturated carbocycles. The third-order valence-corrected chi connectivity index (χ3v) is 4.51. The molecule has 0 aliphatic heterocycles. The molecule has 2 nitrogen and oxygen atoms in total. The summed E-state index contributed by atoms with van der Waals surface area (Å²) in [7, 11) is 0. The number of nitrogens with zero attached hydrogens (tertiary/aromatic N) is 2. The maximum Gasteiger partial charge on any atom is 0.426 e. The highest BCUT2D eigenvalue weighted by Gasteiger charge is 2.37. The van der Waals surface area contributed by atoms with Crippen LogP contribution in [0.3, 0.4) is 0 Å². The number of hydrogen-bond acceptors (Lipinski definition) is 2. The van der Waals surface area contributed by atoms with Crippen LogP contribution in [0.5, 0.6) is 0 Å². The van der Waals surface area contributed by atoms with Gasteiger partial charge in [-0.1, -0.05) is 36.4 Å². The van der Waals surface area contributed by atoms with E-state index in [2.05, 4.69) is 0 Å². The summed E-state index contributed by atoms with van der Waals surface area (Å²) in [5.41, 5.74) is -3.68. The van der Waals surface area contributed by atoms with Crippen LogP contribution >= 0.6 is 0 Å². The summed E-state index contributed by atoms with van der Waals surface area (Å²) in [4.78, 5) is 0. The fourth-order valence-corrected chi connectivity index (χ4v) is 3.25. The van der Waals surface area contributed by atoms with Gasteiger partial charge in [-0.3, -0.25) is 0 Å². The zero-order chi connectivity index (χ0) is 23.0. The molecular formula is C22H9F7N2. The summed E-state index contributed by atoms with van der Waals surface area (Å²) in [6, 6.07) is 11.8. The van der Waals surface area contributed by atoms with E-state index in [1.807, 2.05) is 0 Å². The van der Waals surface area contributed by atoms with Crippen molar-refractivity contribution < 1.29 is 30.7 Å². The Kier molecular flexibility index (Phi) is 5.47. The predicted molar refractivity (Wildman–Crippen MR) is 98.7 cm³/mol. The zero-order valence-electron chi connectivity index (χ0n) is 15.2. The van der Waals surface area contributed by atoms with Crippen LogP contribution in [0.2, 0.25) is 0 Å². The highest BCUT2D eigenvalue weighted by molar-refractivity contribution is 5.94. The van der Waals surface area contributed by atoms with Crippen molar-refractivity contribution in [2.45, 2.75) is 12.4 Å². The Labute approximate surface area is 170 Å². The monoisotopic (exact) mass is 434 g/mol. The fourth-order valence-electron chi connectivity index (χ4n) is 3.25. The number of halogens is 7. The topological polar surface area (TPSA) is 47.6 Å². The van der Waals surface area contributed by atoms with E-state index in [1.165, 1.54) is 12.1 Å². The van der Waals surface area contributed by atoms with Crippen LogP contribution in [0.25, 0.3) is 33.0 Å². The molecule has 31 heavy (non-hydrogen) atoms. The second-order valence-corrected chi connectivity index (χ2v) is 6.37. The molecule has 3 aromatic rings. The lowest BCUT2D eigenvalue weighted by molar-refractivity contribution is -0.0693. The maximum absolute atomic E-state index is 13.7. The normalized spacial score (nSPS) is 14.0. The van der Waals surface area contributed by atoms with Crippen molar-refractivity contribution in [1.29, 1.82) is 10.5 Å². The van der Waals surface area contributed by atoms with Gasteiger partial charge < -0.3 is 0 Å². The molecule has 0 spiro atoms. The van der Waals surface area contributed by atoms with Crippen molar-refractivity contribution in [3.63, 3.8) is 0 Å². The average Bonchev–Trinajstić information content (AvgIpc) is 2.68. The first kappa shape index (κ1) is 21.8. The number of hydrogen-bond donors (Lipinski definition) is 0. The van der Waals surface area contributed by atoms with Crippen molar-refractivity contribution in [2.75, 3.05) is 0 Å². The Morgan fingerprint density at radius 3 is 1.71 bits per heavy atom. The quantitative estimate of drug-likeness (QED) is 0.500. The van der Waals surface area contributed by atoms with Gasteiger partial charge in [0.25, 0.3) is 0 Å². The molecule has 0 unspecified atom stereocenters. The minimum absolute atomic E-state index is 0.0557. The van der Waals surface area contributed by atoms with E-state index in [0.29, 0.717) is 0 Å². The molecule has 0 atom stereocenters. The number of benzene rings is 3. The standard InChI is InChI=1S/C22H9F7N2/c23-13-7-5-12(6-8-13)16-9-17(18(10-30)21(24,25)26)14-3-1-2-4-15(14)20(16)19(11-31)22(27,28)29/h1-9H/b18-17+,20-19+. The summed E-state index contributed by atoms with van der Waals surface area (Å²) in [5.74, 6) is -0.716. The summed E-state index contributed by atoms with van der Waals surface area (Å²) in [5, 5.41) is 16.5. The summed E-state index contributed by atoms with van der Waals surface area (Å²) >= 11 is 0. The molecule has 3 aromatic carbocycles. The van der Waals surface area contributed by atoms with Crippen LogP contribution < -0.4 is 10.4 Å². The third kappa shape index (κ3) is 4.08. The van der Waals surface area contributed by atoms with Crippen molar-refractivity contribution in [1.82, 2.24) is 0 Å². The predicted octanol–water partition coefficient (Wildman–Crippen LogP) is 5.12. The van der Waals surface area contributed by atoms with E-state index in [9.17, 15) is 36.0 Å². The smallest absolute Gasteiger partial charge is 0.207 e. The molecule has 3 rings (SSSR count). The van der Waals surface area contributed by atoms with Crippen LogP contribution in [0.15, 0.2) is 54.6 Å². The summed E-state index contributed by atoms with van der Waals surface area (Å²) in [6.07, 6.45) is -10.2. The molecule has 0 heterocycles. The van der Waals surface area contributed by atoms with Gasteiger partial charge in [-0.25, -0.2) is 4.39 Å². The van der Waals surface area contributed by atoms with Gasteiger partial charge in [-0.15, -0.1) is 0 Å². The van der Waals surface area contributed by atoms with Gasteiger partial charge in [0.15, 0.2) is 0 Å². The average molecular weight is 434 g/mol. The lowest BCUT2D eigenvalue weighted by Gasteiger charge is -2.14. The molecular weight excluding hydrogens is 425 g/mol. The Bertz CT molecular complexity index is 1370. The van der Waals surface area contributed by atoms with Gasteiger partial charge in [0.05, 0.1) is 0 Å². The summed E-state index contributed by atoms with van der Waals surface area (Å²) < 4.78 is 94.8. The summed E-state index contributed by atoms with van der Waals surface area (Å²) in [6.45, 7) is 0. The van der Waals surface area contributed by atoms with E-state index in [1.54, 1.807) is 0 Å². The molecule has 0 bridgehead atoms. The van der Waals surface area contributed by atoms with Gasteiger partial charge >= 0.3 is 12.4 Å². The van der Waals surface area contributed by atoms with Crippen molar-refractivity contribution in [3.8, 4) is 23.3 Å². The Balaban J connectivity index is 2.77. The first-order valence-electron chi connectivity index (χ1n) is 8.50. The lowest BCUT2D eigenvalue weighted by Crippen LogP contribution is -2.27. The van der Waals surface area contributed by atoms with Gasteiger partial charge in [0.2, 0.25) is 0 Å². The number of alkyl halides is 6. The molecule has 0 amide bonds. The van der Waals surface area contributed by atoms with Gasteiger partial charge in [-0.2, -0.15) is 36.9 Å². The molecule has 0 aromatic heterocycles. The van der Waals surface area contributed by atoms with Gasteiger partial charge in [0, 0.05) is 10.4 Å². The molecule has 0 aliphatic rings. The first-order chi connectivity index (χ1) is 14.5. The Morgan fingerprint density at radius 2 is 1.23 bits per heavy atom.